The first kappa shape index (κ1) is 29.4. The molecule has 1 amide bonds. The standard InChI is InChI=1S/C29H40N4O4S/c1-4-7-18-32(23-13-10-9-11-14-23)19-12-17-30-29(35)26-22-28(34)31-27-16-15-24(21-25(26)27)38(36,37)33(6-3)20-8-5-2/h9-11,13-16,21-22H,4-8,12,17-20H2,1-3H3,(H,30,35)(H,31,34). The molecule has 2 aromatic carbocycles. The Labute approximate surface area is 226 Å². The largest absolute Gasteiger partial charge is 0.371 e. The van der Waals surface area contributed by atoms with Crippen LogP contribution >= 0.6 is 0 Å². The molecule has 0 aliphatic heterocycles. The molecule has 0 saturated carbocycles. The number of aromatic amines is 1. The summed E-state index contributed by atoms with van der Waals surface area (Å²) < 4.78 is 28.0. The van der Waals surface area contributed by atoms with Crippen molar-refractivity contribution in [2.75, 3.05) is 37.6 Å². The van der Waals surface area contributed by atoms with E-state index in [0.717, 1.165) is 50.9 Å². The molecule has 0 aliphatic rings. The van der Waals surface area contributed by atoms with Crippen LogP contribution in [0.15, 0.2) is 64.3 Å². The number of fused-ring (bicyclic) bond motifs is 1. The van der Waals surface area contributed by atoms with Crippen LogP contribution in [0.2, 0.25) is 0 Å². The van der Waals surface area contributed by atoms with Gasteiger partial charge in [-0.3, -0.25) is 9.59 Å². The van der Waals surface area contributed by atoms with E-state index in [0.29, 0.717) is 30.5 Å². The SMILES string of the molecule is CCCCN(CCCNC(=O)c1cc(=O)[nH]c2ccc(S(=O)(=O)N(CC)CCCC)cc12)c1ccccc1. The lowest BCUT2D eigenvalue weighted by atomic mass is 10.1. The lowest BCUT2D eigenvalue weighted by molar-refractivity contribution is 0.0955. The van der Waals surface area contributed by atoms with Crippen molar-refractivity contribution in [3.05, 3.63) is 70.5 Å². The van der Waals surface area contributed by atoms with Gasteiger partial charge in [-0.05, 0) is 49.6 Å². The number of rotatable bonds is 15. The van der Waals surface area contributed by atoms with Gasteiger partial charge in [0, 0.05) is 55.4 Å². The molecule has 3 rings (SSSR count). The van der Waals surface area contributed by atoms with E-state index >= 15 is 0 Å². The average Bonchev–Trinajstić information content (AvgIpc) is 2.92. The van der Waals surface area contributed by atoms with Gasteiger partial charge in [0.1, 0.15) is 0 Å². The Morgan fingerprint density at radius 1 is 0.895 bits per heavy atom. The summed E-state index contributed by atoms with van der Waals surface area (Å²) in [5.74, 6) is -0.395. The molecule has 0 atom stereocenters. The number of nitrogens with zero attached hydrogens (tertiary/aromatic N) is 2. The minimum Gasteiger partial charge on any atom is -0.371 e. The predicted molar refractivity (Wildman–Crippen MR) is 154 cm³/mol. The van der Waals surface area contributed by atoms with Crippen molar-refractivity contribution < 1.29 is 13.2 Å². The zero-order valence-corrected chi connectivity index (χ0v) is 23.5. The number of carbonyl (C=O) groups is 1. The zero-order chi connectivity index (χ0) is 27.5. The summed E-state index contributed by atoms with van der Waals surface area (Å²) in [6, 6.07) is 16.0. The number of nitrogens with one attached hydrogen (secondary N) is 2. The minimum atomic E-state index is -3.73. The molecule has 0 bridgehead atoms. The van der Waals surface area contributed by atoms with E-state index in [1.54, 1.807) is 6.07 Å². The molecule has 9 heteroatoms. The zero-order valence-electron chi connectivity index (χ0n) is 22.7. The summed E-state index contributed by atoms with van der Waals surface area (Å²) in [6.45, 7) is 8.94. The van der Waals surface area contributed by atoms with Gasteiger partial charge in [0.15, 0.2) is 0 Å². The summed E-state index contributed by atoms with van der Waals surface area (Å²) in [7, 11) is -3.73. The van der Waals surface area contributed by atoms with Gasteiger partial charge in [0.2, 0.25) is 15.6 Å². The summed E-state index contributed by atoms with van der Waals surface area (Å²) >= 11 is 0. The third-order valence-electron chi connectivity index (χ3n) is 6.60. The molecule has 3 aromatic rings. The molecule has 1 heterocycles. The second-order valence-electron chi connectivity index (χ2n) is 9.39. The smallest absolute Gasteiger partial charge is 0.252 e. The van der Waals surface area contributed by atoms with Crippen molar-refractivity contribution in [2.24, 2.45) is 0 Å². The number of para-hydroxylation sites is 1. The average molecular weight is 541 g/mol. The number of hydrogen-bond donors (Lipinski definition) is 2. The molecular formula is C29H40N4O4S. The maximum atomic E-state index is 13.3. The normalized spacial score (nSPS) is 11.7. The third kappa shape index (κ3) is 7.45. The first-order valence-electron chi connectivity index (χ1n) is 13.6. The van der Waals surface area contributed by atoms with Crippen LogP contribution in [0.25, 0.3) is 10.9 Å². The Kier molecular flexibility index (Phi) is 10.9. The third-order valence-corrected chi connectivity index (χ3v) is 8.57. The predicted octanol–water partition coefficient (Wildman–Crippen LogP) is 4.77. The number of H-pyrrole nitrogens is 1. The van der Waals surface area contributed by atoms with Crippen molar-refractivity contribution in [1.82, 2.24) is 14.6 Å². The van der Waals surface area contributed by atoms with Crippen LogP contribution in [-0.2, 0) is 10.0 Å². The van der Waals surface area contributed by atoms with Crippen LogP contribution < -0.4 is 15.8 Å². The number of benzene rings is 2. The van der Waals surface area contributed by atoms with Gasteiger partial charge in [-0.15, -0.1) is 0 Å². The van der Waals surface area contributed by atoms with E-state index in [1.165, 1.54) is 22.5 Å². The van der Waals surface area contributed by atoms with Gasteiger partial charge in [0.25, 0.3) is 5.91 Å². The van der Waals surface area contributed by atoms with Crippen LogP contribution in [0.4, 0.5) is 5.69 Å². The fourth-order valence-electron chi connectivity index (χ4n) is 4.44. The van der Waals surface area contributed by atoms with Gasteiger partial charge in [-0.1, -0.05) is 51.8 Å². The van der Waals surface area contributed by atoms with E-state index in [-0.39, 0.29) is 10.5 Å². The van der Waals surface area contributed by atoms with Gasteiger partial charge in [-0.2, -0.15) is 4.31 Å². The number of anilines is 1. The fourth-order valence-corrected chi connectivity index (χ4v) is 5.95. The lowest BCUT2D eigenvalue weighted by Crippen LogP contribution is -2.32. The van der Waals surface area contributed by atoms with Crippen molar-refractivity contribution in [2.45, 2.75) is 57.8 Å². The molecule has 0 fully saturated rings. The number of pyridine rings is 1. The monoisotopic (exact) mass is 540 g/mol. The number of hydrogen-bond acceptors (Lipinski definition) is 5. The topological polar surface area (TPSA) is 103 Å². The molecule has 38 heavy (non-hydrogen) atoms. The van der Waals surface area contributed by atoms with Crippen LogP contribution in [0, 0.1) is 0 Å². The van der Waals surface area contributed by atoms with Crippen molar-refractivity contribution >= 4 is 32.5 Å². The van der Waals surface area contributed by atoms with E-state index in [2.05, 4.69) is 34.3 Å². The highest BCUT2D eigenvalue weighted by molar-refractivity contribution is 7.89. The molecule has 0 saturated heterocycles. The Bertz CT molecular complexity index is 1360. The second kappa shape index (κ2) is 14.1. The summed E-state index contributed by atoms with van der Waals surface area (Å²) in [5.41, 5.74) is 1.34. The highest BCUT2D eigenvalue weighted by Crippen LogP contribution is 2.23. The maximum absolute atomic E-state index is 13.3. The molecule has 0 unspecified atom stereocenters. The first-order valence-corrected chi connectivity index (χ1v) is 15.0. The van der Waals surface area contributed by atoms with Crippen LogP contribution in [-0.4, -0.2) is 56.3 Å². The molecule has 8 nitrogen and oxygen atoms in total. The second-order valence-corrected chi connectivity index (χ2v) is 11.3. The van der Waals surface area contributed by atoms with Gasteiger partial charge < -0.3 is 15.2 Å². The Morgan fingerprint density at radius 3 is 2.26 bits per heavy atom. The molecular weight excluding hydrogens is 500 g/mol. The van der Waals surface area contributed by atoms with Gasteiger partial charge in [-0.25, -0.2) is 8.42 Å². The molecule has 206 valence electrons. The quantitative estimate of drug-likeness (QED) is 0.271. The molecule has 1 aromatic heterocycles. The first-order chi connectivity index (χ1) is 18.3. The fraction of sp³-hybridized carbons (Fsp3) is 0.448. The van der Waals surface area contributed by atoms with Crippen LogP contribution in [0.1, 0.15) is 63.2 Å². The number of amides is 1. The molecule has 0 radical (unpaired) electrons. The Morgan fingerprint density at radius 2 is 1.58 bits per heavy atom. The van der Waals surface area contributed by atoms with Crippen LogP contribution in [0.5, 0.6) is 0 Å². The highest BCUT2D eigenvalue weighted by Gasteiger charge is 2.24. The number of aromatic nitrogens is 1. The Hall–Kier alpha value is -3.17. The van der Waals surface area contributed by atoms with E-state index in [1.807, 2.05) is 32.0 Å². The summed E-state index contributed by atoms with van der Waals surface area (Å²) in [6.07, 6.45) is 4.56. The maximum Gasteiger partial charge on any atom is 0.252 e. The number of unbranched alkanes of at least 4 members (excludes halogenated alkanes) is 2. The molecule has 0 aliphatic carbocycles. The van der Waals surface area contributed by atoms with E-state index in [9.17, 15) is 18.0 Å². The number of carbonyl (C=O) groups excluding carboxylic acids is 1. The minimum absolute atomic E-state index is 0.110. The Balaban J connectivity index is 1.77. The van der Waals surface area contributed by atoms with Gasteiger partial charge >= 0.3 is 0 Å². The van der Waals surface area contributed by atoms with Crippen molar-refractivity contribution in [3.8, 4) is 0 Å². The molecule has 0 spiro atoms. The van der Waals surface area contributed by atoms with Gasteiger partial charge in [0.05, 0.1) is 10.5 Å². The van der Waals surface area contributed by atoms with E-state index in [4.69, 9.17) is 0 Å². The van der Waals surface area contributed by atoms with Crippen LogP contribution in [0.3, 0.4) is 0 Å². The van der Waals surface area contributed by atoms with Crippen molar-refractivity contribution in [1.29, 1.82) is 0 Å². The lowest BCUT2D eigenvalue weighted by Gasteiger charge is -2.25. The summed E-state index contributed by atoms with van der Waals surface area (Å²) in [4.78, 5) is 30.6. The number of sulfonamides is 1. The van der Waals surface area contributed by atoms with E-state index < -0.39 is 21.5 Å². The van der Waals surface area contributed by atoms with Crippen molar-refractivity contribution in [3.63, 3.8) is 0 Å². The highest BCUT2D eigenvalue weighted by atomic mass is 32.2. The summed E-state index contributed by atoms with van der Waals surface area (Å²) in [5, 5.41) is 3.33. The molecule has 2 N–H and O–H groups in total.